The molecule has 1 amide bonds. The van der Waals surface area contributed by atoms with Crippen LogP contribution in [0.25, 0.3) is 10.7 Å². The fourth-order valence-corrected chi connectivity index (χ4v) is 2.93. The van der Waals surface area contributed by atoms with E-state index in [9.17, 15) is 4.79 Å². The molecule has 0 radical (unpaired) electrons. The normalized spacial score (nSPS) is 20.4. The van der Waals surface area contributed by atoms with E-state index in [4.69, 9.17) is 4.52 Å². The van der Waals surface area contributed by atoms with Crippen molar-refractivity contribution in [2.75, 3.05) is 6.54 Å². The van der Waals surface area contributed by atoms with Crippen molar-refractivity contribution in [3.8, 4) is 10.7 Å². The van der Waals surface area contributed by atoms with Gasteiger partial charge in [-0.25, -0.2) is 0 Å². The van der Waals surface area contributed by atoms with E-state index in [2.05, 4.69) is 22.4 Å². The van der Waals surface area contributed by atoms with Gasteiger partial charge >= 0.3 is 0 Å². The lowest BCUT2D eigenvalue weighted by Crippen LogP contribution is -2.25. The number of carbonyl (C=O) groups excluding carboxylic acids is 1. The van der Waals surface area contributed by atoms with Gasteiger partial charge in [-0.1, -0.05) is 18.1 Å². The second kappa shape index (κ2) is 6.39. The van der Waals surface area contributed by atoms with E-state index in [0.29, 0.717) is 30.5 Å². The van der Waals surface area contributed by atoms with Crippen molar-refractivity contribution in [2.45, 2.75) is 32.6 Å². The number of rotatable bonds is 7. The van der Waals surface area contributed by atoms with E-state index in [1.165, 1.54) is 6.42 Å². The van der Waals surface area contributed by atoms with E-state index >= 15 is 0 Å². The number of nitrogens with one attached hydrogen (secondary N) is 1. The zero-order valence-corrected chi connectivity index (χ0v) is 12.9. The summed E-state index contributed by atoms with van der Waals surface area (Å²) in [5.74, 6) is 2.82. The molecule has 2 atom stereocenters. The maximum absolute atomic E-state index is 11.7. The highest BCUT2D eigenvalue weighted by atomic mass is 32.1. The molecule has 3 rings (SSSR count). The van der Waals surface area contributed by atoms with Gasteiger partial charge in [-0.05, 0) is 36.1 Å². The summed E-state index contributed by atoms with van der Waals surface area (Å²) in [5.41, 5.74) is 0. The van der Waals surface area contributed by atoms with E-state index in [1.54, 1.807) is 11.3 Å². The molecule has 2 aromatic rings. The van der Waals surface area contributed by atoms with Crippen LogP contribution in [0.3, 0.4) is 0 Å². The van der Waals surface area contributed by atoms with Crippen molar-refractivity contribution in [1.29, 1.82) is 0 Å². The van der Waals surface area contributed by atoms with Crippen molar-refractivity contribution in [3.63, 3.8) is 0 Å². The van der Waals surface area contributed by atoms with Crippen molar-refractivity contribution in [2.24, 2.45) is 11.8 Å². The van der Waals surface area contributed by atoms with Crippen molar-refractivity contribution < 1.29 is 9.32 Å². The molecular weight excluding hydrogens is 286 g/mol. The zero-order chi connectivity index (χ0) is 14.7. The van der Waals surface area contributed by atoms with Gasteiger partial charge in [0.1, 0.15) is 0 Å². The Morgan fingerprint density at radius 3 is 3.14 bits per heavy atom. The van der Waals surface area contributed by atoms with Crippen LogP contribution < -0.4 is 5.32 Å². The van der Waals surface area contributed by atoms with Gasteiger partial charge < -0.3 is 9.84 Å². The Hall–Kier alpha value is -1.69. The molecular formula is C15H19N3O2S. The van der Waals surface area contributed by atoms with Crippen LogP contribution >= 0.6 is 11.3 Å². The van der Waals surface area contributed by atoms with Crippen LogP contribution in [-0.2, 0) is 11.2 Å². The summed E-state index contributed by atoms with van der Waals surface area (Å²) in [7, 11) is 0. The largest absolute Gasteiger partial charge is 0.356 e. The Kier molecular flexibility index (Phi) is 4.34. The summed E-state index contributed by atoms with van der Waals surface area (Å²) in [4.78, 5) is 17.0. The van der Waals surface area contributed by atoms with Crippen LogP contribution in [-0.4, -0.2) is 22.6 Å². The molecule has 0 bridgehead atoms. The number of carbonyl (C=O) groups is 1. The molecule has 1 aliphatic rings. The lowest BCUT2D eigenvalue weighted by Gasteiger charge is -2.02. The molecule has 1 fully saturated rings. The number of aryl methyl sites for hydroxylation is 1. The van der Waals surface area contributed by atoms with E-state index in [1.807, 2.05) is 17.5 Å². The number of hydrogen-bond acceptors (Lipinski definition) is 5. The molecule has 2 aromatic heterocycles. The van der Waals surface area contributed by atoms with Gasteiger partial charge in [-0.2, -0.15) is 4.98 Å². The molecule has 0 aromatic carbocycles. The lowest BCUT2D eigenvalue weighted by molar-refractivity contribution is -0.121. The van der Waals surface area contributed by atoms with Gasteiger partial charge in [0.15, 0.2) is 0 Å². The quantitative estimate of drug-likeness (QED) is 0.854. The Labute approximate surface area is 127 Å². The molecule has 2 heterocycles. The van der Waals surface area contributed by atoms with Crippen LogP contribution in [0, 0.1) is 11.8 Å². The van der Waals surface area contributed by atoms with Gasteiger partial charge in [0.25, 0.3) is 0 Å². The molecule has 5 nitrogen and oxygen atoms in total. The van der Waals surface area contributed by atoms with Crippen LogP contribution in [0.5, 0.6) is 0 Å². The van der Waals surface area contributed by atoms with Gasteiger partial charge in [0, 0.05) is 19.4 Å². The predicted octanol–water partition coefficient (Wildman–Crippen LogP) is 2.89. The average Bonchev–Trinajstić information content (AvgIpc) is 2.93. The highest BCUT2D eigenvalue weighted by Gasteiger charge is 2.32. The highest BCUT2D eigenvalue weighted by molar-refractivity contribution is 7.13. The third-order valence-corrected chi connectivity index (χ3v) is 4.71. The molecule has 0 spiro atoms. The molecule has 21 heavy (non-hydrogen) atoms. The summed E-state index contributed by atoms with van der Waals surface area (Å²) in [6, 6.07) is 3.92. The minimum absolute atomic E-state index is 0.118. The van der Waals surface area contributed by atoms with Gasteiger partial charge in [-0.15, -0.1) is 11.3 Å². The molecule has 0 saturated heterocycles. The number of hydrogen-bond donors (Lipinski definition) is 1. The molecule has 0 unspecified atom stereocenters. The third kappa shape index (κ3) is 3.91. The van der Waals surface area contributed by atoms with Gasteiger partial charge in [0.2, 0.25) is 17.6 Å². The summed E-state index contributed by atoms with van der Waals surface area (Å²) in [6.07, 6.45) is 3.13. The molecule has 1 aliphatic carbocycles. The van der Waals surface area contributed by atoms with Crippen molar-refractivity contribution >= 4 is 17.2 Å². The predicted molar refractivity (Wildman–Crippen MR) is 80.8 cm³/mol. The van der Waals surface area contributed by atoms with Gasteiger partial charge in [0.05, 0.1) is 4.88 Å². The standard InChI is InChI=1S/C15H19N3O2S/c1-10-8-11(10)9-16-13(19)5-2-6-14-17-15(18-20-14)12-4-3-7-21-12/h3-4,7,10-11H,2,5-6,8-9H2,1H3,(H,16,19)/t10-,11+/m0/s1. The highest BCUT2D eigenvalue weighted by Crippen LogP contribution is 2.36. The average molecular weight is 305 g/mol. The summed E-state index contributed by atoms with van der Waals surface area (Å²) < 4.78 is 5.21. The van der Waals surface area contributed by atoms with E-state index in [-0.39, 0.29) is 5.91 Å². The monoisotopic (exact) mass is 305 g/mol. The summed E-state index contributed by atoms with van der Waals surface area (Å²) in [6.45, 7) is 3.04. The van der Waals surface area contributed by atoms with Crippen LogP contribution in [0.4, 0.5) is 0 Å². The van der Waals surface area contributed by atoms with Crippen LogP contribution in [0.15, 0.2) is 22.0 Å². The smallest absolute Gasteiger partial charge is 0.226 e. The zero-order valence-electron chi connectivity index (χ0n) is 12.0. The van der Waals surface area contributed by atoms with Crippen LogP contribution in [0.1, 0.15) is 32.1 Å². The van der Waals surface area contributed by atoms with Gasteiger partial charge in [-0.3, -0.25) is 4.79 Å². The maximum atomic E-state index is 11.7. The summed E-state index contributed by atoms with van der Waals surface area (Å²) >= 11 is 1.58. The van der Waals surface area contributed by atoms with Crippen molar-refractivity contribution in [3.05, 3.63) is 23.4 Å². The molecule has 6 heteroatoms. The first-order valence-electron chi connectivity index (χ1n) is 7.35. The number of nitrogens with zero attached hydrogens (tertiary/aromatic N) is 2. The number of aromatic nitrogens is 2. The van der Waals surface area contributed by atoms with E-state index < -0.39 is 0 Å². The summed E-state index contributed by atoms with van der Waals surface area (Å²) in [5, 5.41) is 8.92. The topological polar surface area (TPSA) is 68.0 Å². The second-order valence-electron chi connectivity index (χ2n) is 5.62. The molecule has 112 valence electrons. The Bertz CT molecular complexity index is 594. The Morgan fingerprint density at radius 2 is 2.43 bits per heavy atom. The fourth-order valence-electron chi connectivity index (χ4n) is 2.28. The second-order valence-corrected chi connectivity index (χ2v) is 6.57. The third-order valence-electron chi connectivity index (χ3n) is 3.84. The Balaban J connectivity index is 1.38. The maximum Gasteiger partial charge on any atom is 0.226 e. The molecule has 0 aliphatic heterocycles. The first kappa shape index (κ1) is 14.3. The molecule has 1 saturated carbocycles. The minimum Gasteiger partial charge on any atom is -0.356 e. The fraction of sp³-hybridized carbons (Fsp3) is 0.533. The minimum atomic E-state index is 0.118. The van der Waals surface area contributed by atoms with E-state index in [0.717, 1.165) is 23.8 Å². The first-order chi connectivity index (χ1) is 10.2. The van der Waals surface area contributed by atoms with Crippen LogP contribution in [0.2, 0.25) is 0 Å². The number of amides is 1. The Morgan fingerprint density at radius 1 is 1.57 bits per heavy atom. The SMILES string of the molecule is C[C@H]1C[C@@H]1CNC(=O)CCCc1nc(-c2cccs2)no1. The lowest BCUT2D eigenvalue weighted by atomic mass is 10.2. The number of thiophene rings is 1. The first-order valence-corrected chi connectivity index (χ1v) is 8.23. The molecule has 1 N–H and O–H groups in total. The van der Waals surface area contributed by atoms with Crippen molar-refractivity contribution in [1.82, 2.24) is 15.5 Å².